The van der Waals surface area contributed by atoms with Crippen molar-refractivity contribution >= 4 is 35.1 Å². The molecule has 0 radical (unpaired) electrons. The van der Waals surface area contributed by atoms with Crippen LogP contribution >= 0.6 is 24.8 Å². The summed E-state index contributed by atoms with van der Waals surface area (Å²) in [6, 6.07) is 3.83. The van der Waals surface area contributed by atoms with Gasteiger partial charge in [0.05, 0.1) is 13.0 Å². The summed E-state index contributed by atoms with van der Waals surface area (Å²) in [7, 11) is 0. The number of thiol groups is 1. The average molecular weight is 312 g/mol. The molecular weight excluding hydrogens is 292 g/mol. The zero-order valence-electron chi connectivity index (χ0n) is 11.6. The molecule has 20 heavy (non-hydrogen) atoms. The van der Waals surface area contributed by atoms with Gasteiger partial charge >= 0.3 is 5.97 Å². The molecule has 1 aromatic heterocycles. The molecule has 0 aliphatic rings. The van der Waals surface area contributed by atoms with E-state index in [0.717, 1.165) is 18.4 Å². The fourth-order valence-corrected chi connectivity index (χ4v) is 1.91. The van der Waals surface area contributed by atoms with E-state index in [0.29, 0.717) is 30.4 Å². The predicted octanol–water partition coefficient (Wildman–Crippen LogP) is 2.83. The van der Waals surface area contributed by atoms with Crippen LogP contribution in [0.3, 0.4) is 0 Å². The highest BCUT2D eigenvalue weighted by Crippen LogP contribution is 2.07. The van der Waals surface area contributed by atoms with Crippen LogP contribution in [0, 0.1) is 0 Å². The summed E-state index contributed by atoms with van der Waals surface area (Å²) in [5.74, 6) is -0.195. The maximum absolute atomic E-state index is 11.6. The molecule has 6 heteroatoms. The standard InChI is InChI=1S/C14H20N2O2S2/c1-2-3-9-18-13(17)6-8-16(14(19)20)11-12-5-4-7-15-10-12/h4-5,7,10H,2-3,6,8-9,11H2,1H3,(H,19,20). The molecule has 1 aromatic rings. The number of nitrogens with zero attached hydrogens (tertiary/aromatic N) is 2. The molecule has 0 aromatic carbocycles. The first-order valence-electron chi connectivity index (χ1n) is 6.66. The number of carbonyl (C=O) groups is 1. The Labute approximate surface area is 130 Å². The first kappa shape index (κ1) is 16.9. The van der Waals surface area contributed by atoms with Crippen LogP contribution in [0.4, 0.5) is 0 Å². The third-order valence-electron chi connectivity index (χ3n) is 2.71. The molecule has 0 amide bonds. The molecule has 0 N–H and O–H groups in total. The second-order valence-electron chi connectivity index (χ2n) is 4.39. The van der Waals surface area contributed by atoms with Crippen LogP contribution in [-0.4, -0.2) is 33.3 Å². The van der Waals surface area contributed by atoms with Crippen molar-refractivity contribution in [3.8, 4) is 0 Å². The van der Waals surface area contributed by atoms with E-state index < -0.39 is 0 Å². The van der Waals surface area contributed by atoms with Gasteiger partial charge in [-0.25, -0.2) is 0 Å². The molecule has 0 unspecified atom stereocenters. The van der Waals surface area contributed by atoms with Gasteiger partial charge in [-0.05, 0) is 18.1 Å². The van der Waals surface area contributed by atoms with Crippen LogP contribution in [0.15, 0.2) is 24.5 Å². The number of pyridine rings is 1. The highest BCUT2D eigenvalue weighted by Gasteiger charge is 2.11. The molecule has 0 bridgehead atoms. The Bertz CT molecular complexity index is 426. The lowest BCUT2D eigenvalue weighted by atomic mass is 10.2. The normalized spacial score (nSPS) is 10.1. The van der Waals surface area contributed by atoms with Crippen LogP contribution in [0.5, 0.6) is 0 Å². The van der Waals surface area contributed by atoms with E-state index in [-0.39, 0.29) is 5.97 Å². The third-order valence-corrected chi connectivity index (χ3v) is 3.25. The summed E-state index contributed by atoms with van der Waals surface area (Å²) < 4.78 is 5.58. The number of carbonyl (C=O) groups excluding carboxylic acids is 1. The third kappa shape index (κ3) is 6.86. The topological polar surface area (TPSA) is 42.4 Å². The van der Waals surface area contributed by atoms with E-state index in [9.17, 15) is 4.79 Å². The van der Waals surface area contributed by atoms with Crippen molar-refractivity contribution in [1.29, 1.82) is 0 Å². The highest BCUT2D eigenvalue weighted by atomic mass is 32.1. The van der Waals surface area contributed by atoms with Crippen LogP contribution < -0.4 is 0 Å². The molecular formula is C14H20N2O2S2. The lowest BCUT2D eigenvalue weighted by molar-refractivity contribution is -0.143. The Morgan fingerprint density at radius 2 is 2.35 bits per heavy atom. The van der Waals surface area contributed by atoms with Crippen molar-refractivity contribution in [2.24, 2.45) is 0 Å². The minimum Gasteiger partial charge on any atom is -0.466 e. The summed E-state index contributed by atoms with van der Waals surface area (Å²) in [4.78, 5) is 17.5. The molecule has 0 fully saturated rings. The summed E-state index contributed by atoms with van der Waals surface area (Å²) in [6.45, 7) is 3.65. The Morgan fingerprint density at radius 1 is 1.55 bits per heavy atom. The van der Waals surface area contributed by atoms with Gasteiger partial charge in [-0.15, -0.1) is 12.6 Å². The first-order chi connectivity index (χ1) is 9.63. The van der Waals surface area contributed by atoms with Crippen LogP contribution in [-0.2, 0) is 16.1 Å². The monoisotopic (exact) mass is 312 g/mol. The molecule has 0 saturated carbocycles. The van der Waals surface area contributed by atoms with Gasteiger partial charge in [0, 0.05) is 25.5 Å². The van der Waals surface area contributed by atoms with Gasteiger partial charge in [-0.1, -0.05) is 31.6 Å². The highest BCUT2D eigenvalue weighted by molar-refractivity contribution is 8.10. The number of hydrogen-bond acceptors (Lipinski definition) is 4. The maximum Gasteiger partial charge on any atom is 0.307 e. The second kappa shape index (κ2) is 9.72. The van der Waals surface area contributed by atoms with Gasteiger partial charge in [0.25, 0.3) is 0 Å². The van der Waals surface area contributed by atoms with Gasteiger partial charge in [0.15, 0.2) is 0 Å². The SMILES string of the molecule is CCCCOC(=O)CCN(Cc1cccnc1)C(=S)S. The van der Waals surface area contributed by atoms with Crippen LogP contribution in [0.25, 0.3) is 0 Å². The van der Waals surface area contributed by atoms with Gasteiger partial charge in [-0.3, -0.25) is 9.78 Å². The lowest BCUT2D eigenvalue weighted by Crippen LogP contribution is -2.28. The van der Waals surface area contributed by atoms with Crippen molar-refractivity contribution in [3.63, 3.8) is 0 Å². The number of esters is 1. The Kier molecular flexibility index (Phi) is 8.22. The van der Waals surface area contributed by atoms with E-state index >= 15 is 0 Å². The average Bonchev–Trinajstić information content (AvgIpc) is 2.44. The number of thiocarbonyl (C=S) groups is 1. The number of unbranched alkanes of at least 4 members (excludes halogenated alkanes) is 1. The van der Waals surface area contributed by atoms with Crippen molar-refractivity contribution in [2.45, 2.75) is 32.7 Å². The molecule has 110 valence electrons. The largest absolute Gasteiger partial charge is 0.466 e. The summed E-state index contributed by atoms with van der Waals surface area (Å²) >= 11 is 9.29. The summed E-state index contributed by atoms with van der Waals surface area (Å²) in [6.07, 6.45) is 5.72. The molecule has 1 heterocycles. The minimum absolute atomic E-state index is 0.195. The molecule has 0 saturated heterocycles. The van der Waals surface area contributed by atoms with Crippen molar-refractivity contribution in [3.05, 3.63) is 30.1 Å². The zero-order chi connectivity index (χ0) is 14.8. The van der Waals surface area contributed by atoms with Crippen LogP contribution in [0.1, 0.15) is 31.7 Å². The predicted molar refractivity (Wildman–Crippen MR) is 86.7 cm³/mol. The molecule has 0 aliphatic heterocycles. The second-order valence-corrected chi connectivity index (χ2v) is 5.50. The fourth-order valence-electron chi connectivity index (χ4n) is 1.58. The van der Waals surface area contributed by atoms with Crippen molar-refractivity contribution < 1.29 is 9.53 Å². The van der Waals surface area contributed by atoms with Crippen molar-refractivity contribution in [2.75, 3.05) is 13.2 Å². The maximum atomic E-state index is 11.6. The fraction of sp³-hybridized carbons (Fsp3) is 0.500. The van der Waals surface area contributed by atoms with E-state index in [1.165, 1.54) is 0 Å². The van der Waals surface area contributed by atoms with E-state index in [4.69, 9.17) is 17.0 Å². The van der Waals surface area contributed by atoms with Gasteiger partial charge in [0.1, 0.15) is 4.32 Å². The van der Waals surface area contributed by atoms with Gasteiger partial charge in [-0.2, -0.15) is 0 Å². The number of aromatic nitrogens is 1. The summed E-state index contributed by atoms with van der Waals surface area (Å²) in [5.41, 5.74) is 1.03. The molecule has 0 atom stereocenters. The quantitative estimate of drug-likeness (QED) is 0.346. The van der Waals surface area contributed by atoms with Gasteiger partial charge in [0.2, 0.25) is 0 Å². The summed E-state index contributed by atoms with van der Waals surface area (Å²) in [5, 5.41) is 0. The first-order valence-corrected chi connectivity index (χ1v) is 7.51. The number of rotatable bonds is 8. The number of ether oxygens (including phenoxy) is 1. The molecule has 1 rings (SSSR count). The Morgan fingerprint density at radius 3 is 2.95 bits per heavy atom. The van der Waals surface area contributed by atoms with E-state index in [2.05, 4.69) is 24.5 Å². The molecule has 0 aliphatic carbocycles. The van der Waals surface area contributed by atoms with Crippen LogP contribution in [0.2, 0.25) is 0 Å². The zero-order valence-corrected chi connectivity index (χ0v) is 13.3. The van der Waals surface area contributed by atoms with Crippen molar-refractivity contribution in [1.82, 2.24) is 9.88 Å². The Balaban J connectivity index is 2.40. The number of hydrogen-bond donors (Lipinski definition) is 1. The van der Waals surface area contributed by atoms with E-state index in [1.54, 1.807) is 12.4 Å². The minimum atomic E-state index is -0.195. The Hall–Kier alpha value is -1.14. The van der Waals surface area contributed by atoms with Gasteiger partial charge < -0.3 is 9.64 Å². The molecule has 4 nitrogen and oxygen atoms in total. The lowest BCUT2D eigenvalue weighted by Gasteiger charge is -2.22. The van der Waals surface area contributed by atoms with E-state index in [1.807, 2.05) is 17.0 Å². The molecule has 0 spiro atoms. The smallest absolute Gasteiger partial charge is 0.307 e.